The summed E-state index contributed by atoms with van der Waals surface area (Å²) in [5.41, 5.74) is 0.500. The van der Waals surface area contributed by atoms with Gasteiger partial charge in [0, 0.05) is 25.2 Å². The highest BCUT2D eigenvalue weighted by Crippen LogP contribution is 2.26. The fourth-order valence-corrected chi connectivity index (χ4v) is 6.02. The first kappa shape index (κ1) is 21.3. The number of likely N-dealkylation sites (tertiary alicyclic amines) is 1. The highest BCUT2D eigenvalue weighted by atomic mass is 32.2. The van der Waals surface area contributed by atoms with Crippen molar-refractivity contribution >= 4 is 15.9 Å². The molecule has 2 saturated heterocycles. The SMILES string of the molecule is C[C@@H]1C[C@H](C)CN(S(=O)(=O)c2ccc(C(=O)NCCCN3CCCC3)cc2)C1. The molecule has 1 aromatic rings. The molecule has 2 atom stereocenters. The van der Waals surface area contributed by atoms with Crippen LogP contribution in [0.4, 0.5) is 0 Å². The summed E-state index contributed by atoms with van der Waals surface area (Å²) in [6, 6.07) is 6.33. The number of hydrogen-bond acceptors (Lipinski definition) is 4. The predicted octanol–water partition coefficient (Wildman–Crippen LogP) is 2.57. The molecular formula is C21H33N3O3S. The molecule has 2 heterocycles. The maximum atomic E-state index is 12.9. The number of rotatable bonds is 7. The standard InChI is InChI=1S/C21H33N3O3S/c1-17-14-18(2)16-24(15-17)28(26,27)20-8-6-19(7-9-20)21(25)22-10-5-13-23-11-3-4-12-23/h6-9,17-18H,3-5,10-16H2,1-2H3,(H,22,25)/t17-,18+. The summed E-state index contributed by atoms with van der Waals surface area (Å²) in [7, 11) is -3.50. The van der Waals surface area contributed by atoms with Crippen molar-refractivity contribution in [1.29, 1.82) is 0 Å². The molecule has 2 fully saturated rings. The lowest BCUT2D eigenvalue weighted by atomic mass is 9.94. The van der Waals surface area contributed by atoms with Gasteiger partial charge in [0.15, 0.2) is 0 Å². The van der Waals surface area contributed by atoms with Gasteiger partial charge in [-0.05, 0) is 81.4 Å². The lowest BCUT2D eigenvalue weighted by Gasteiger charge is -2.34. The summed E-state index contributed by atoms with van der Waals surface area (Å²) in [4.78, 5) is 15.0. The van der Waals surface area contributed by atoms with Gasteiger partial charge in [-0.1, -0.05) is 13.8 Å². The minimum Gasteiger partial charge on any atom is -0.352 e. The fraction of sp³-hybridized carbons (Fsp3) is 0.667. The van der Waals surface area contributed by atoms with E-state index in [1.54, 1.807) is 28.6 Å². The van der Waals surface area contributed by atoms with Gasteiger partial charge in [0.2, 0.25) is 10.0 Å². The smallest absolute Gasteiger partial charge is 0.251 e. The van der Waals surface area contributed by atoms with Crippen LogP contribution in [0.25, 0.3) is 0 Å². The summed E-state index contributed by atoms with van der Waals surface area (Å²) in [5.74, 6) is 0.582. The van der Waals surface area contributed by atoms with Crippen molar-refractivity contribution < 1.29 is 13.2 Å². The summed E-state index contributed by atoms with van der Waals surface area (Å²) < 4.78 is 27.4. The molecule has 1 aromatic carbocycles. The average molecular weight is 408 g/mol. The Bertz CT molecular complexity index is 748. The van der Waals surface area contributed by atoms with Gasteiger partial charge < -0.3 is 10.2 Å². The number of carbonyl (C=O) groups excluding carboxylic acids is 1. The first-order chi connectivity index (χ1) is 13.4. The van der Waals surface area contributed by atoms with E-state index in [4.69, 9.17) is 0 Å². The summed E-state index contributed by atoms with van der Waals surface area (Å²) in [5, 5.41) is 2.93. The van der Waals surface area contributed by atoms with E-state index in [9.17, 15) is 13.2 Å². The lowest BCUT2D eigenvalue weighted by molar-refractivity contribution is 0.0952. The van der Waals surface area contributed by atoms with Crippen molar-refractivity contribution in [3.05, 3.63) is 29.8 Å². The van der Waals surface area contributed by atoms with Crippen LogP contribution in [0.15, 0.2) is 29.2 Å². The third-order valence-corrected chi connectivity index (χ3v) is 7.57. The van der Waals surface area contributed by atoms with E-state index in [1.807, 2.05) is 0 Å². The minimum absolute atomic E-state index is 0.148. The Kier molecular flexibility index (Phi) is 7.12. The average Bonchev–Trinajstić information content (AvgIpc) is 3.18. The topological polar surface area (TPSA) is 69.7 Å². The molecule has 28 heavy (non-hydrogen) atoms. The number of nitrogens with zero attached hydrogens (tertiary/aromatic N) is 2. The van der Waals surface area contributed by atoms with Gasteiger partial charge in [-0.3, -0.25) is 4.79 Å². The number of sulfonamides is 1. The molecule has 1 amide bonds. The molecule has 0 saturated carbocycles. The molecule has 7 heteroatoms. The van der Waals surface area contributed by atoms with Crippen molar-refractivity contribution in [3.8, 4) is 0 Å². The van der Waals surface area contributed by atoms with Crippen molar-refractivity contribution in [2.45, 2.75) is 44.4 Å². The van der Waals surface area contributed by atoms with Crippen LogP contribution in [0.5, 0.6) is 0 Å². The summed E-state index contributed by atoms with van der Waals surface area (Å²) in [6.07, 6.45) is 4.54. The first-order valence-electron chi connectivity index (χ1n) is 10.5. The Morgan fingerprint density at radius 1 is 1.07 bits per heavy atom. The molecule has 1 N–H and O–H groups in total. The van der Waals surface area contributed by atoms with E-state index in [0.29, 0.717) is 37.0 Å². The van der Waals surface area contributed by atoms with Crippen LogP contribution in [0.1, 0.15) is 49.9 Å². The number of carbonyl (C=O) groups is 1. The monoisotopic (exact) mass is 407 g/mol. The quantitative estimate of drug-likeness (QED) is 0.706. The number of amides is 1. The van der Waals surface area contributed by atoms with Gasteiger partial charge in [0.25, 0.3) is 5.91 Å². The molecule has 0 spiro atoms. The second kappa shape index (κ2) is 9.37. The molecule has 0 radical (unpaired) electrons. The van der Waals surface area contributed by atoms with Gasteiger partial charge in [-0.2, -0.15) is 4.31 Å². The number of hydrogen-bond donors (Lipinski definition) is 1. The van der Waals surface area contributed by atoms with Crippen LogP contribution in [-0.2, 0) is 10.0 Å². The molecular weight excluding hydrogens is 374 g/mol. The Morgan fingerprint density at radius 2 is 1.68 bits per heavy atom. The van der Waals surface area contributed by atoms with Crippen LogP contribution in [0, 0.1) is 11.8 Å². The second-order valence-electron chi connectivity index (χ2n) is 8.45. The molecule has 2 aliphatic heterocycles. The van der Waals surface area contributed by atoms with Crippen molar-refractivity contribution in [2.24, 2.45) is 11.8 Å². The van der Waals surface area contributed by atoms with Crippen LogP contribution in [0.2, 0.25) is 0 Å². The molecule has 156 valence electrons. The molecule has 0 aliphatic carbocycles. The van der Waals surface area contributed by atoms with Gasteiger partial charge in [0.1, 0.15) is 0 Å². The van der Waals surface area contributed by atoms with Crippen molar-refractivity contribution in [3.63, 3.8) is 0 Å². The molecule has 3 rings (SSSR count). The van der Waals surface area contributed by atoms with Gasteiger partial charge in [-0.25, -0.2) is 8.42 Å². The van der Waals surface area contributed by atoms with Crippen LogP contribution in [0.3, 0.4) is 0 Å². The zero-order valence-electron chi connectivity index (χ0n) is 17.1. The van der Waals surface area contributed by atoms with E-state index in [-0.39, 0.29) is 10.8 Å². The van der Waals surface area contributed by atoms with Crippen LogP contribution in [-0.4, -0.2) is 62.8 Å². The molecule has 0 unspecified atom stereocenters. The van der Waals surface area contributed by atoms with Crippen LogP contribution < -0.4 is 5.32 Å². The van der Waals surface area contributed by atoms with Gasteiger partial charge >= 0.3 is 0 Å². The summed E-state index contributed by atoms with van der Waals surface area (Å²) >= 11 is 0. The van der Waals surface area contributed by atoms with E-state index >= 15 is 0 Å². The highest BCUT2D eigenvalue weighted by molar-refractivity contribution is 7.89. The van der Waals surface area contributed by atoms with Gasteiger partial charge in [0.05, 0.1) is 4.90 Å². The molecule has 6 nitrogen and oxygen atoms in total. The molecule has 2 aliphatic rings. The Labute approximate surface area is 169 Å². The zero-order valence-corrected chi connectivity index (χ0v) is 17.9. The maximum Gasteiger partial charge on any atom is 0.251 e. The van der Waals surface area contributed by atoms with Crippen LogP contribution >= 0.6 is 0 Å². The Hall–Kier alpha value is -1.44. The largest absolute Gasteiger partial charge is 0.352 e. The Morgan fingerprint density at radius 3 is 2.29 bits per heavy atom. The molecule has 0 aromatic heterocycles. The maximum absolute atomic E-state index is 12.9. The number of nitrogens with one attached hydrogen (secondary N) is 1. The number of benzene rings is 1. The number of piperidine rings is 1. The van der Waals surface area contributed by atoms with E-state index < -0.39 is 10.0 Å². The lowest BCUT2D eigenvalue weighted by Crippen LogP contribution is -2.42. The third-order valence-electron chi connectivity index (χ3n) is 5.72. The van der Waals surface area contributed by atoms with Crippen molar-refractivity contribution in [1.82, 2.24) is 14.5 Å². The predicted molar refractivity (Wildman–Crippen MR) is 111 cm³/mol. The third kappa shape index (κ3) is 5.33. The first-order valence-corrected chi connectivity index (χ1v) is 11.9. The van der Waals surface area contributed by atoms with Gasteiger partial charge in [-0.15, -0.1) is 0 Å². The van der Waals surface area contributed by atoms with Crippen molar-refractivity contribution in [2.75, 3.05) is 39.3 Å². The van der Waals surface area contributed by atoms with E-state index in [0.717, 1.165) is 19.4 Å². The van der Waals surface area contributed by atoms with E-state index in [1.165, 1.54) is 25.9 Å². The van der Waals surface area contributed by atoms with E-state index in [2.05, 4.69) is 24.1 Å². The second-order valence-corrected chi connectivity index (χ2v) is 10.4. The summed E-state index contributed by atoms with van der Waals surface area (Å²) in [6.45, 7) is 9.29. The Balaban J connectivity index is 1.54. The normalized spacial score (nSPS) is 24.4. The fourth-order valence-electron chi connectivity index (χ4n) is 4.34. The minimum atomic E-state index is -3.50. The molecule has 0 bridgehead atoms. The zero-order chi connectivity index (χ0) is 20.1. The highest BCUT2D eigenvalue weighted by Gasteiger charge is 2.31.